The van der Waals surface area contributed by atoms with E-state index in [9.17, 15) is 0 Å². The van der Waals surface area contributed by atoms with E-state index in [0.717, 1.165) is 38.5 Å². The summed E-state index contributed by atoms with van der Waals surface area (Å²) in [6.45, 7) is 27.2. The van der Waals surface area contributed by atoms with Gasteiger partial charge in [0.05, 0.1) is 44.1 Å². The van der Waals surface area contributed by atoms with Gasteiger partial charge in [-0.3, -0.25) is 0 Å². The second kappa shape index (κ2) is 40.1. The number of rotatable bonds is 24. The molecule has 0 amide bonds. The van der Waals surface area contributed by atoms with Crippen LogP contribution in [0.15, 0.2) is 364 Å². The number of aromatic nitrogens is 4. The fourth-order valence-corrected chi connectivity index (χ4v) is 19.3. The van der Waals surface area contributed by atoms with Crippen LogP contribution in [-0.4, -0.2) is 46.5 Å². The summed E-state index contributed by atoms with van der Waals surface area (Å²) in [5.41, 5.74) is 35.6. The number of benzene rings is 16. The van der Waals surface area contributed by atoms with Gasteiger partial charge in [-0.25, -0.2) is 0 Å². The maximum absolute atomic E-state index is 2.43. The number of hydrogen-bond donors (Lipinski definition) is 0. The minimum atomic E-state index is 0.508. The zero-order valence-corrected chi connectivity index (χ0v) is 80.2. The summed E-state index contributed by atoms with van der Waals surface area (Å²) in [5.74, 6) is 2.31. The summed E-state index contributed by atoms with van der Waals surface area (Å²) in [7, 11) is 8.47. The molecular formula is C124H128N8. The molecule has 16 aromatic carbocycles. The molecule has 20 rings (SSSR count). The maximum Gasteiger partial charge on any atom is 0.0541 e. The van der Waals surface area contributed by atoms with Crippen LogP contribution in [-0.2, 0) is 38.5 Å². The molecule has 0 N–H and O–H groups in total. The van der Waals surface area contributed by atoms with Crippen molar-refractivity contribution >= 4 is 133 Å². The second-order valence-electron chi connectivity index (χ2n) is 37.4. The van der Waals surface area contributed by atoms with Gasteiger partial charge in [-0.2, -0.15) is 0 Å². The molecule has 0 aliphatic heterocycles. The minimum absolute atomic E-state index is 0.508. The van der Waals surface area contributed by atoms with Crippen molar-refractivity contribution in [1.29, 1.82) is 0 Å². The van der Waals surface area contributed by atoms with Crippen LogP contribution in [0.4, 0.5) is 45.5 Å². The Morgan fingerprint density at radius 3 is 0.621 bits per heavy atom. The molecule has 0 aliphatic rings. The lowest BCUT2D eigenvalue weighted by Crippen LogP contribution is -2.09. The average Bonchev–Trinajstić information content (AvgIpc) is 1.61. The maximum atomic E-state index is 2.43. The van der Waals surface area contributed by atoms with Gasteiger partial charge in [0.15, 0.2) is 0 Å². The zero-order valence-electron chi connectivity index (χ0n) is 80.2. The van der Waals surface area contributed by atoms with E-state index in [-0.39, 0.29) is 0 Å². The number of nitrogens with zero attached hydrogens (tertiary/aromatic N) is 8. The Kier molecular flexibility index (Phi) is 27.3. The Hall–Kier alpha value is -14.1. The van der Waals surface area contributed by atoms with E-state index < -0.39 is 0 Å². The Morgan fingerprint density at radius 1 is 0.205 bits per heavy atom. The fourth-order valence-electron chi connectivity index (χ4n) is 19.3. The molecule has 0 aliphatic carbocycles. The topological polar surface area (TPSA) is 32.7 Å². The van der Waals surface area contributed by atoms with Gasteiger partial charge in [0.2, 0.25) is 0 Å². The van der Waals surface area contributed by atoms with Gasteiger partial charge in [0.25, 0.3) is 0 Å². The lowest BCUT2D eigenvalue weighted by Gasteiger charge is -2.20. The molecule has 0 saturated carbocycles. The van der Waals surface area contributed by atoms with Crippen molar-refractivity contribution in [3.8, 4) is 22.7 Å². The Balaban J connectivity index is 0.000000123. The van der Waals surface area contributed by atoms with Crippen molar-refractivity contribution in [2.45, 2.75) is 146 Å². The third kappa shape index (κ3) is 19.0. The third-order valence-corrected chi connectivity index (χ3v) is 26.6. The molecule has 0 atom stereocenters. The largest absolute Gasteiger partial charge is 0.345 e. The normalized spacial score (nSPS) is 11.5. The summed E-state index contributed by atoms with van der Waals surface area (Å²) in [5, 5.41) is 10.8. The van der Waals surface area contributed by atoms with Crippen LogP contribution in [0.1, 0.15) is 152 Å². The van der Waals surface area contributed by atoms with Crippen molar-refractivity contribution in [1.82, 2.24) is 18.3 Å². The summed E-state index contributed by atoms with van der Waals surface area (Å²) in [6.07, 6.45) is 8.90. The highest BCUT2D eigenvalue weighted by Crippen LogP contribution is 2.42. The highest BCUT2D eigenvalue weighted by molar-refractivity contribution is 6.13. The van der Waals surface area contributed by atoms with E-state index >= 15 is 0 Å². The molecule has 0 spiro atoms. The predicted molar refractivity (Wildman–Crippen MR) is 573 cm³/mol. The Morgan fingerprint density at radius 2 is 0.402 bits per heavy atom. The van der Waals surface area contributed by atoms with Crippen molar-refractivity contribution in [3.05, 3.63) is 408 Å². The van der Waals surface area contributed by atoms with Gasteiger partial charge in [-0.15, -0.1) is 0 Å². The van der Waals surface area contributed by atoms with Crippen LogP contribution < -0.4 is 19.6 Å². The molecule has 0 fully saturated rings. The van der Waals surface area contributed by atoms with E-state index in [2.05, 4.69) is 513 Å². The smallest absolute Gasteiger partial charge is 0.0541 e. The van der Waals surface area contributed by atoms with Gasteiger partial charge in [0.1, 0.15) is 0 Å². The van der Waals surface area contributed by atoms with Gasteiger partial charge < -0.3 is 37.9 Å². The number of para-hydroxylation sites is 4. The molecule has 20 aromatic rings. The zero-order chi connectivity index (χ0) is 91.8. The van der Waals surface area contributed by atoms with Crippen LogP contribution in [0.5, 0.6) is 0 Å². The average molecular weight is 1730 g/mol. The van der Waals surface area contributed by atoms with Crippen LogP contribution in [0, 0.1) is 11.8 Å². The third-order valence-electron chi connectivity index (χ3n) is 26.6. The molecule has 8 heteroatoms. The van der Waals surface area contributed by atoms with Crippen LogP contribution in [0.2, 0.25) is 0 Å². The number of aryl methyl sites for hydroxylation is 4. The van der Waals surface area contributed by atoms with E-state index in [4.69, 9.17) is 0 Å². The molecule has 0 saturated heterocycles. The summed E-state index contributed by atoms with van der Waals surface area (Å²) >= 11 is 0. The second-order valence-corrected chi connectivity index (χ2v) is 37.4. The van der Waals surface area contributed by atoms with Gasteiger partial charge >= 0.3 is 0 Å². The molecule has 4 heterocycles. The first kappa shape index (κ1) is 89.9. The highest BCUT2D eigenvalue weighted by Gasteiger charge is 2.22. The summed E-state index contributed by atoms with van der Waals surface area (Å²) in [6, 6.07) is 133. The van der Waals surface area contributed by atoms with Crippen LogP contribution in [0.25, 0.3) is 110 Å². The van der Waals surface area contributed by atoms with Crippen LogP contribution >= 0.6 is 0 Å². The SMILES string of the molecule is CC(C)Cc1ccc2c(c1)c1cc(CC(C)C)ccc1n2-c1ccc(N(C)c2ccccc2)cc1.CC(C)c1ccc2c(c1)c1cc(C(C)C)ccc1n2-c1ccc(N(C)c2ccccc2)cc1.CCCc1ccc2c(c1)c1cc(CCC)ccc1n2-c1ccc(N(C)c2ccccc2)cc1.CCc1ccc2c(c1)c1cc(CC)ccc1n2-c1ccc(N(C)c2ccccc2)cc1. The first-order valence-corrected chi connectivity index (χ1v) is 48.1. The summed E-state index contributed by atoms with van der Waals surface area (Å²) < 4.78 is 9.65. The molecule has 132 heavy (non-hydrogen) atoms. The molecule has 0 radical (unpaired) electrons. The van der Waals surface area contributed by atoms with Crippen molar-refractivity contribution in [3.63, 3.8) is 0 Å². The van der Waals surface area contributed by atoms with Crippen molar-refractivity contribution in [2.24, 2.45) is 11.8 Å². The van der Waals surface area contributed by atoms with Gasteiger partial charge in [-0.05, 0) is 349 Å². The molecule has 0 unspecified atom stereocenters. The first-order valence-electron chi connectivity index (χ1n) is 48.1. The van der Waals surface area contributed by atoms with Crippen molar-refractivity contribution in [2.75, 3.05) is 47.8 Å². The Labute approximate surface area is 782 Å². The molecule has 0 bridgehead atoms. The van der Waals surface area contributed by atoms with Crippen molar-refractivity contribution < 1.29 is 0 Å². The minimum Gasteiger partial charge on any atom is -0.345 e. The highest BCUT2D eigenvalue weighted by atomic mass is 15.1. The standard InChI is InChI=1S/C33H36N2.2C31H32N2.C29H28N2/c1-23(2)19-25-11-17-32-30(21-25)31-22-26(20-24(3)4)12-18-33(31)35(32)29-15-13-28(14-16-29)34(5)27-9-7-6-8-10-27;1-21(2)23-11-17-30-28(19-23)29-20-24(22(3)4)12-18-31(29)33(30)27-15-13-26(14-16-27)32(5)25-9-7-6-8-10-25;1-4-9-23-13-19-30-28(21-23)29-22-24(10-5-2)14-20-31(29)33(30)27-17-15-26(16-18-27)32(3)25-11-7-6-8-12-25;1-4-21-11-17-28-26(19-21)27-20-22(5-2)12-18-29(27)31(28)25-15-13-24(14-16-25)30(3)23-9-7-6-8-10-23/h6-18,21-24H,19-20H2,1-5H3;6-22H,1-5H3;6-8,11-22H,4-5,9-10H2,1-3H3;6-20H,4-5H2,1-3H3. The van der Waals surface area contributed by atoms with Gasteiger partial charge in [0, 0.05) is 140 Å². The summed E-state index contributed by atoms with van der Waals surface area (Å²) in [4.78, 5) is 8.89. The Bertz CT molecular complexity index is 7080. The lowest BCUT2D eigenvalue weighted by atomic mass is 9.98. The molecule has 8 nitrogen and oxygen atoms in total. The van der Waals surface area contributed by atoms with E-state index in [1.54, 1.807) is 0 Å². The number of hydrogen-bond acceptors (Lipinski definition) is 4. The number of anilines is 8. The monoisotopic (exact) mass is 1730 g/mol. The molecular weight excluding hydrogens is 1600 g/mol. The molecule has 4 aromatic heterocycles. The quantitative estimate of drug-likeness (QED) is 0.0604. The predicted octanol–water partition coefficient (Wildman–Crippen LogP) is 33.9. The fraction of sp³-hybridized carbons (Fsp3) is 0.226. The van der Waals surface area contributed by atoms with E-state index in [1.807, 2.05) is 0 Å². The molecule has 664 valence electrons. The van der Waals surface area contributed by atoms with Gasteiger partial charge in [-0.1, -0.05) is 217 Å². The first-order chi connectivity index (χ1) is 64.2. The number of fused-ring (bicyclic) bond motifs is 12. The van der Waals surface area contributed by atoms with E-state index in [0.29, 0.717) is 23.7 Å². The lowest BCUT2D eigenvalue weighted by molar-refractivity contribution is 0.647. The van der Waals surface area contributed by atoms with E-state index in [1.165, 1.54) is 213 Å². The van der Waals surface area contributed by atoms with Crippen LogP contribution in [0.3, 0.4) is 0 Å².